The van der Waals surface area contributed by atoms with Gasteiger partial charge >= 0.3 is 0 Å². The minimum absolute atomic E-state index is 0.187. The largest absolute Gasteiger partial charge is 0.489 e. The van der Waals surface area contributed by atoms with Crippen LogP contribution in [0.1, 0.15) is 18.9 Å². The minimum atomic E-state index is -0.580. The van der Waals surface area contributed by atoms with Gasteiger partial charge in [-0.25, -0.2) is 0 Å². The second kappa shape index (κ2) is 7.99. The average molecular weight is 290 g/mol. The van der Waals surface area contributed by atoms with Crippen molar-refractivity contribution in [2.24, 2.45) is 0 Å². The molecule has 2 atom stereocenters. The van der Waals surface area contributed by atoms with E-state index in [-0.39, 0.29) is 6.61 Å². The van der Waals surface area contributed by atoms with Crippen LogP contribution < -0.4 is 4.74 Å². The molecule has 5 nitrogen and oxygen atoms in total. The van der Waals surface area contributed by atoms with Crippen LogP contribution in [0.3, 0.4) is 0 Å². The molecule has 1 heterocycles. The Balaban J connectivity index is 1.84. The molecule has 5 heteroatoms. The van der Waals surface area contributed by atoms with Gasteiger partial charge in [0.1, 0.15) is 24.5 Å². The quantitative estimate of drug-likeness (QED) is 0.858. The van der Waals surface area contributed by atoms with Crippen molar-refractivity contribution < 1.29 is 14.6 Å². The molecule has 0 bridgehead atoms. The van der Waals surface area contributed by atoms with Gasteiger partial charge in [-0.15, -0.1) is 0 Å². The second-order valence-corrected chi connectivity index (χ2v) is 5.20. The van der Waals surface area contributed by atoms with Crippen molar-refractivity contribution in [2.45, 2.75) is 25.5 Å². The zero-order valence-electron chi connectivity index (χ0n) is 12.4. The SMILES string of the molecule is CCC1COCCN1CC(O)COc1ccccc1C#N. The number of aliphatic hydroxyl groups is 1. The molecule has 0 saturated carbocycles. The monoisotopic (exact) mass is 290 g/mol. The van der Waals surface area contributed by atoms with Crippen LogP contribution in [-0.2, 0) is 4.74 Å². The van der Waals surface area contributed by atoms with Gasteiger partial charge in [0.15, 0.2) is 0 Å². The first-order valence-electron chi connectivity index (χ1n) is 7.36. The summed E-state index contributed by atoms with van der Waals surface area (Å²) < 4.78 is 11.0. The lowest BCUT2D eigenvalue weighted by Crippen LogP contribution is -2.49. The molecule has 1 saturated heterocycles. The average Bonchev–Trinajstić information content (AvgIpc) is 2.53. The van der Waals surface area contributed by atoms with Crippen LogP contribution in [0, 0.1) is 11.3 Å². The smallest absolute Gasteiger partial charge is 0.137 e. The highest BCUT2D eigenvalue weighted by atomic mass is 16.5. The van der Waals surface area contributed by atoms with Crippen molar-refractivity contribution in [1.82, 2.24) is 4.90 Å². The number of β-amino-alcohol motifs (C(OH)–C–C–N with tert-alkyl or cyclic N) is 1. The number of benzene rings is 1. The highest BCUT2D eigenvalue weighted by Crippen LogP contribution is 2.17. The maximum absolute atomic E-state index is 10.1. The van der Waals surface area contributed by atoms with Crippen molar-refractivity contribution in [3.05, 3.63) is 29.8 Å². The van der Waals surface area contributed by atoms with E-state index in [1.165, 1.54) is 0 Å². The van der Waals surface area contributed by atoms with Crippen molar-refractivity contribution in [1.29, 1.82) is 5.26 Å². The molecule has 0 spiro atoms. The first kappa shape index (κ1) is 15.8. The van der Waals surface area contributed by atoms with E-state index in [1.807, 2.05) is 6.07 Å². The van der Waals surface area contributed by atoms with Gasteiger partial charge in [-0.2, -0.15) is 5.26 Å². The number of nitrogens with zero attached hydrogens (tertiary/aromatic N) is 2. The van der Waals surface area contributed by atoms with Crippen molar-refractivity contribution in [3.8, 4) is 11.8 Å². The maximum Gasteiger partial charge on any atom is 0.137 e. The summed E-state index contributed by atoms with van der Waals surface area (Å²) in [5.74, 6) is 0.521. The van der Waals surface area contributed by atoms with Crippen molar-refractivity contribution >= 4 is 0 Å². The highest BCUT2D eigenvalue weighted by molar-refractivity contribution is 5.42. The molecule has 1 aliphatic heterocycles. The van der Waals surface area contributed by atoms with E-state index >= 15 is 0 Å². The number of morpholine rings is 1. The first-order valence-corrected chi connectivity index (χ1v) is 7.36. The van der Waals surface area contributed by atoms with Gasteiger partial charge in [-0.05, 0) is 18.6 Å². The zero-order valence-corrected chi connectivity index (χ0v) is 12.4. The van der Waals surface area contributed by atoms with Gasteiger partial charge in [0.2, 0.25) is 0 Å². The molecule has 2 unspecified atom stereocenters. The summed E-state index contributed by atoms with van der Waals surface area (Å²) in [6.45, 7) is 5.15. The molecule has 0 aliphatic carbocycles. The Kier molecular flexibility index (Phi) is 6.00. The van der Waals surface area contributed by atoms with Crippen LogP contribution in [0.4, 0.5) is 0 Å². The van der Waals surface area contributed by atoms with Gasteiger partial charge < -0.3 is 14.6 Å². The van der Waals surface area contributed by atoms with Crippen LogP contribution in [0.25, 0.3) is 0 Å². The van der Waals surface area contributed by atoms with Crippen LogP contribution in [0.2, 0.25) is 0 Å². The number of ether oxygens (including phenoxy) is 2. The molecule has 0 amide bonds. The van der Waals surface area contributed by atoms with Crippen molar-refractivity contribution in [3.63, 3.8) is 0 Å². The predicted octanol–water partition coefficient (Wildman–Crippen LogP) is 1.41. The molecule has 0 aromatic heterocycles. The summed E-state index contributed by atoms with van der Waals surface area (Å²) in [4.78, 5) is 2.24. The molecule has 1 aromatic rings. The van der Waals surface area contributed by atoms with Crippen LogP contribution >= 0.6 is 0 Å². The third kappa shape index (κ3) is 4.43. The first-order chi connectivity index (χ1) is 10.2. The van der Waals surface area contributed by atoms with E-state index in [9.17, 15) is 5.11 Å². The predicted molar refractivity (Wildman–Crippen MR) is 79.1 cm³/mol. The van der Waals surface area contributed by atoms with Crippen molar-refractivity contribution in [2.75, 3.05) is 32.9 Å². The fraction of sp³-hybridized carbons (Fsp3) is 0.562. The lowest BCUT2D eigenvalue weighted by atomic mass is 10.1. The third-order valence-corrected chi connectivity index (χ3v) is 3.70. The summed E-state index contributed by atoms with van der Waals surface area (Å²) in [6, 6.07) is 9.50. The Morgan fingerprint density at radius 1 is 1.52 bits per heavy atom. The van der Waals surface area contributed by atoms with Gasteiger partial charge in [0.05, 0.1) is 18.8 Å². The fourth-order valence-corrected chi connectivity index (χ4v) is 2.50. The number of hydrogen-bond acceptors (Lipinski definition) is 5. The molecule has 0 radical (unpaired) electrons. The molecule has 1 fully saturated rings. The normalized spacial score (nSPS) is 20.7. The van der Waals surface area contributed by atoms with E-state index in [0.717, 1.165) is 19.6 Å². The Bertz CT molecular complexity index is 487. The Hall–Kier alpha value is -1.61. The molecule has 1 N–H and O–H groups in total. The molecular formula is C16H22N2O3. The summed E-state index contributed by atoms with van der Waals surface area (Å²) in [6.07, 6.45) is 0.425. The summed E-state index contributed by atoms with van der Waals surface area (Å²) in [5.41, 5.74) is 0.488. The molecule has 21 heavy (non-hydrogen) atoms. The highest BCUT2D eigenvalue weighted by Gasteiger charge is 2.23. The lowest BCUT2D eigenvalue weighted by molar-refractivity contribution is -0.0334. The number of aliphatic hydroxyl groups excluding tert-OH is 1. The van der Waals surface area contributed by atoms with Gasteiger partial charge in [-0.1, -0.05) is 19.1 Å². The molecular weight excluding hydrogens is 268 g/mol. The van der Waals surface area contributed by atoms with E-state index in [1.54, 1.807) is 18.2 Å². The molecule has 1 aromatic carbocycles. The standard InChI is InChI=1S/C16H22N2O3/c1-2-14-11-20-8-7-18(14)10-15(19)12-21-16-6-4-3-5-13(16)9-17/h3-6,14-15,19H,2,7-8,10-12H2,1H3. The molecule has 114 valence electrons. The van der Waals surface area contributed by atoms with Gasteiger partial charge in [0, 0.05) is 19.1 Å². The summed E-state index contributed by atoms with van der Waals surface area (Å²) >= 11 is 0. The maximum atomic E-state index is 10.1. The number of para-hydroxylation sites is 1. The van der Waals surface area contributed by atoms with Crippen LogP contribution in [0.15, 0.2) is 24.3 Å². The molecule has 1 aliphatic rings. The zero-order chi connectivity index (χ0) is 15.1. The van der Waals surface area contributed by atoms with Crippen LogP contribution in [-0.4, -0.2) is 55.1 Å². The van der Waals surface area contributed by atoms with E-state index in [0.29, 0.717) is 30.5 Å². The van der Waals surface area contributed by atoms with Crippen LogP contribution in [0.5, 0.6) is 5.75 Å². The Labute approximate surface area is 125 Å². The molecule has 2 rings (SSSR count). The van der Waals surface area contributed by atoms with E-state index in [4.69, 9.17) is 14.7 Å². The van der Waals surface area contributed by atoms with Gasteiger partial charge in [-0.3, -0.25) is 4.90 Å². The summed E-state index contributed by atoms with van der Waals surface area (Å²) in [7, 11) is 0. The fourth-order valence-electron chi connectivity index (χ4n) is 2.50. The Morgan fingerprint density at radius 2 is 2.33 bits per heavy atom. The van der Waals surface area contributed by atoms with E-state index < -0.39 is 6.10 Å². The van der Waals surface area contributed by atoms with E-state index in [2.05, 4.69) is 17.9 Å². The number of nitriles is 1. The Morgan fingerprint density at radius 3 is 3.10 bits per heavy atom. The minimum Gasteiger partial charge on any atom is -0.489 e. The van der Waals surface area contributed by atoms with Gasteiger partial charge in [0.25, 0.3) is 0 Å². The third-order valence-electron chi connectivity index (χ3n) is 3.70. The lowest BCUT2D eigenvalue weighted by Gasteiger charge is -2.36. The summed E-state index contributed by atoms with van der Waals surface area (Å²) in [5, 5.41) is 19.1. The topological polar surface area (TPSA) is 65.7 Å². The number of rotatable bonds is 6. The number of hydrogen-bond donors (Lipinski definition) is 1. The second-order valence-electron chi connectivity index (χ2n) is 5.20.